The van der Waals surface area contributed by atoms with Gasteiger partial charge < -0.3 is 5.32 Å². The fraction of sp³-hybridized carbons (Fsp3) is 0.100. The Morgan fingerprint density at radius 2 is 2.12 bits per heavy atom. The van der Waals surface area contributed by atoms with E-state index in [-0.39, 0.29) is 17.0 Å². The van der Waals surface area contributed by atoms with Crippen LogP contribution < -0.4 is 5.32 Å². The number of nitrogens with one attached hydrogen (secondary N) is 1. The van der Waals surface area contributed by atoms with E-state index in [1.165, 1.54) is 24.3 Å². The van der Waals surface area contributed by atoms with Gasteiger partial charge in [0.15, 0.2) is 0 Å². The molecule has 1 aromatic carbocycles. The molecule has 0 aliphatic rings. The average molecular weight is 339 g/mol. The normalized spacial score (nSPS) is 10.9. The third-order valence-electron chi connectivity index (χ3n) is 1.82. The summed E-state index contributed by atoms with van der Waals surface area (Å²) in [6.45, 7) is 3.82. The quantitative estimate of drug-likeness (QED) is 0.857. The first kappa shape index (κ1) is 14.2. The van der Waals surface area contributed by atoms with Crippen molar-refractivity contribution < 1.29 is 13.2 Å². The first-order valence-electron chi connectivity index (χ1n) is 4.47. The summed E-state index contributed by atoms with van der Waals surface area (Å²) in [5.41, 5.74) is 0.223. The second-order valence-corrected chi connectivity index (χ2v) is 6.85. The zero-order chi connectivity index (χ0) is 13.1. The van der Waals surface area contributed by atoms with Gasteiger partial charge >= 0.3 is 0 Å². The molecule has 1 N–H and O–H groups in total. The molecule has 17 heavy (non-hydrogen) atoms. The maximum Gasteiger partial charge on any atom is 0.261 e. The van der Waals surface area contributed by atoms with Gasteiger partial charge in [-0.25, -0.2) is 8.42 Å². The Morgan fingerprint density at radius 3 is 2.65 bits per heavy atom. The summed E-state index contributed by atoms with van der Waals surface area (Å²) in [6.07, 6.45) is 0. The number of carbonyl (C=O) groups excluding carboxylic acids is 1. The van der Waals surface area contributed by atoms with Crippen molar-refractivity contribution in [3.05, 3.63) is 40.9 Å². The molecule has 0 spiro atoms. The number of halogens is 2. The summed E-state index contributed by atoms with van der Waals surface area (Å²) < 4.78 is 22.8. The predicted molar refractivity (Wildman–Crippen MR) is 69.9 cm³/mol. The lowest BCUT2D eigenvalue weighted by atomic mass is 10.2. The second kappa shape index (κ2) is 5.66. The lowest BCUT2D eigenvalue weighted by Crippen LogP contribution is -2.24. The van der Waals surface area contributed by atoms with Crippen LogP contribution in [0.3, 0.4) is 0 Å². The molecular formula is C10H9BrClNO3S. The van der Waals surface area contributed by atoms with Gasteiger partial charge in [0.2, 0.25) is 0 Å². The van der Waals surface area contributed by atoms with Crippen molar-refractivity contribution in [1.29, 1.82) is 0 Å². The number of hydrogen-bond donors (Lipinski definition) is 1. The Balaban J connectivity index is 2.93. The Kier molecular flexibility index (Phi) is 4.73. The van der Waals surface area contributed by atoms with Crippen LogP contribution in [0.1, 0.15) is 10.4 Å². The van der Waals surface area contributed by atoms with E-state index >= 15 is 0 Å². The molecule has 0 radical (unpaired) electrons. The van der Waals surface area contributed by atoms with Gasteiger partial charge in [-0.1, -0.05) is 28.6 Å². The molecule has 0 unspecified atom stereocenters. The molecule has 1 aromatic rings. The molecule has 4 nitrogen and oxygen atoms in total. The highest BCUT2D eigenvalue weighted by molar-refractivity contribution is 9.11. The minimum absolute atomic E-state index is 0.107. The van der Waals surface area contributed by atoms with Gasteiger partial charge in [0, 0.05) is 27.3 Å². The molecule has 0 bridgehead atoms. The molecule has 0 saturated carbocycles. The molecule has 0 heterocycles. The zero-order valence-corrected chi connectivity index (χ0v) is 11.8. The molecule has 0 saturated heterocycles. The van der Waals surface area contributed by atoms with Gasteiger partial charge in [0.1, 0.15) is 0 Å². The van der Waals surface area contributed by atoms with E-state index in [0.717, 1.165) is 0 Å². The molecule has 1 amide bonds. The van der Waals surface area contributed by atoms with Crippen molar-refractivity contribution in [2.24, 2.45) is 0 Å². The molecule has 1 rings (SSSR count). The van der Waals surface area contributed by atoms with Crippen LogP contribution in [0.15, 0.2) is 40.2 Å². The maximum atomic E-state index is 11.6. The second-order valence-electron chi connectivity index (χ2n) is 3.17. The van der Waals surface area contributed by atoms with Gasteiger partial charge in [0.05, 0.1) is 4.90 Å². The summed E-state index contributed by atoms with van der Waals surface area (Å²) in [5.74, 6) is -0.396. The van der Waals surface area contributed by atoms with Crippen LogP contribution in [0.4, 0.5) is 0 Å². The average Bonchev–Trinajstić information content (AvgIpc) is 2.25. The van der Waals surface area contributed by atoms with Crippen LogP contribution in [-0.2, 0) is 9.05 Å². The standard InChI is InChI=1S/C10H9BrClNO3S/c1-7(11)6-13-10(14)8-3-2-4-9(5-8)17(12,15)16/h2-5H,1,6H2,(H,13,14). The first-order valence-corrected chi connectivity index (χ1v) is 7.57. The van der Waals surface area contributed by atoms with E-state index in [1.54, 1.807) is 0 Å². The van der Waals surface area contributed by atoms with Gasteiger partial charge in [-0.2, -0.15) is 0 Å². The summed E-state index contributed by atoms with van der Waals surface area (Å²) in [5, 5.41) is 2.55. The molecular weight excluding hydrogens is 330 g/mol. The van der Waals surface area contributed by atoms with Crippen molar-refractivity contribution in [1.82, 2.24) is 5.32 Å². The molecule has 92 valence electrons. The number of rotatable bonds is 4. The Labute approximate surface area is 112 Å². The van der Waals surface area contributed by atoms with Crippen molar-refractivity contribution in [2.75, 3.05) is 6.54 Å². The van der Waals surface area contributed by atoms with Crippen molar-refractivity contribution >= 4 is 41.6 Å². The summed E-state index contributed by atoms with van der Waals surface area (Å²) in [4.78, 5) is 11.5. The maximum absolute atomic E-state index is 11.6. The monoisotopic (exact) mass is 337 g/mol. The van der Waals surface area contributed by atoms with Crippen LogP contribution in [0.2, 0.25) is 0 Å². The number of benzene rings is 1. The smallest absolute Gasteiger partial charge is 0.261 e. The van der Waals surface area contributed by atoms with E-state index < -0.39 is 15.0 Å². The first-order chi connectivity index (χ1) is 7.80. The van der Waals surface area contributed by atoms with E-state index in [2.05, 4.69) is 27.8 Å². The lowest BCUT2D eigenvalue weighted by Gasteiger charge is -2.04. The van der Waals surface area contributed by atoms with Crippen LogP contribution in [-0.4, -0.2) is 20.9 Å². The highest BCUT2D eigenvalue weighted by Gasteiger charge is 2.13. The van der Waals surface area contributed by atoms with Gasteiger partial charge in [0.25, 0.3) is 15.0 Å². The molecule has 0 aliphatic carbocycles. The van der Waals surface area contributed by atoms with Crippen molar-refractivity contribution in [3.8, 4) is 0 Å². The fourth-order valence-electron chi connectivity index (χ4n) is 1.07. The van der Waals surface area contributed by atoms with Gasteiger partial charge in [-0.15, -0.1) is 0 Å². The third-order valence-corrected chi connectivity index (χ3v) is 3.45. The highest BCUT2D eigenvalue weighted by Crippen LogP contribution is 2.16. The minimum Gasteiger partial charge on any atom is -0.347 e. The molecule has 0 atom stereocenters. The van der Waals surface area contributed by atoms with Crippen LogP contribution in [0.5, 0.6) is 0 Å². The Bertz CT molecular complexity index is 556. The zero-order valence-electron chi connectivity index (χ0n) is 8.61. The van der Waals surface area contributed by atoms with Gasteiger partial charge in [-0.05, 0) is 18.2 Å². The van der Waals surface area contributed by atoms with Crippen molar-refractivity contribution in [2.45, 2.75) is 4.90 Å². The Hall–Kier alpha value is -0.850. The van der Waals surface area contributed by atoms with Crippen LogP contribution in [0, 0.1) is 0 Å². The number of carbonyl (C=O) groups is 1. The van der Waals surface area contributed by atoms with Crippen molar-refractivity contribution in [3.63, 3.8) is 0 Å². The topological polar surface area (TPSA) is 63.2 Å². The van der Waals surface area contributed by atoms with E-state index in [9.17, 15) is 13.2 Å². The SMILES string of the molecule is C=C(Br)CNC(=O)c1cccc(S(=O)(=O)Cl)c1. The number of hydrogen-bond acceptors (Lipinski definition) is 3. The van der Waals surface area contributed by atoms with Crippen LogP contribution >= 0.6 is 26.6 Å². The third kappa shape index (κ3) is 4.49. The summed E-state index contributed by atoms with van der Waals surface area (Å²) in [7, 11) is 1.36. The van der Waals surface area contributed by atoms with E-state index in [4.69, 9.17) is 10.7 Å². The van der Waals surface area contributed by atoms with Crippen LogP contribution in [0.25, 0.3) is 0 Å². The highest BCUT2D eigenvalue weighted by atomic mass is 79.9. The molecule has 0 fully saturated rings. The molecule has 0 aliphatic heterocycles. The largest absolute Gasteiger partial charge is 0.347 e. The lowest BCUT2D eigenvalue weighted by molar-refractivity contribution is 0.0957. The molecule has 7 heteroatoms. The molecule has 0 aromatic heterocycles. The summed E-state index contributed by atoms with van der Waals surface area (Å²) >= 11 is 3.10. The predicted octanol–water partition coefficient (Wildman–Crippen LogP) is 2.25. The Morgan fingerprint density at radius 1 is 1.47 bits per heavy atom. The van der Waals surface area contributed by atoms with E-state index in [1.807, 2.05) is 0 Å². The summed E-state index contributed by atoms with van der Waals surface area (Å²) in [6, 6.07) is 5.49. The van der Waals surface area contributed by atoms with E-state index in [0.29, 0.717) is 4.48 Å². The fourth-order valence-corrected chi connectivity index (χ4v) is 2.00. The minimum atomic E-state index is -3.82. The number of amides is 1. The van der Waals surface area contributed by atoms with Gasteiger partial charge in [-0.3, -0.25) is 4.79 Å².